The van der Waals surface area contributed by atoms with Gasteiger partial charge in [0.05, 0.1) is 12.6 Å². The summed E-state index contributed by atoms with van der Waals surface area (Å²) in [6, 6.07) is 0. The molecule has 1 fully saturated rings. The molecular formula is C13H19NO2. The Morgan fingerprint density at radius 1 is 1.62 bits per heavy atom. The van der Waals surface area contributed by atoms with Crippen molar-refractivity contribution < 1.29 is 9.84 Å². The Morgan fingerprint density at radius 2 is 2.50 bits per heavy atom. The van der Waals surface area contributed by atoms with E-state index in [1.165, 1.54) is 0 Å². The van der Waals surface area contributed by atoms with Gasteiger partial charge < -0.3 is 9.84 Å². The van der Waals surface area contributed by atoms with Gasteiger partial charge in [-0.25, -0.2) is 0 Å². The molecule has 0 spiro atoms. The number of hydrogen-bond acceptors (Lipinski definition) is 3. The van der Waals surface area contributed by atoms with Crippen molar-refractivity contribution in [2.75, 3.05) is 13.2 Å². The molecule has 3 heteroatoms. The lowest BCUT2D eigenvalue weighted by Gasteiger charge is -2.12. The molecule has 3 nitrogen and oxygen atoms in total. The van der Waals surface area contributed by atoms with Gasteiger partial charge in [0.1, 0.15) is 5.76 Å². The molecule has 1 atom stereocenters. The normalized spacial score (nSPS) is 26.6. The van der Waals surface area contributed by atoms with E-state index in [0.29, 0.717) is 5.76 Å². The SMILES string of the molecule is C/C(=N\CC1CCCO1)C1=C(O)CCC=C1. The number of aliphatic imine (C=N–C) groups is 1. The summed E-state index contributed by atoms with van der Waals surface area (Å²) in [5.74, 6) is 0.469. The topological polar surface area (TPSA) is 41.8 Å². The first-order chi connectivity index (χ1) is 7.77. The van der Waals surface area contributed by atoms with Crippen LogP contribution in [0.1, 0.15) is 32.6 Å². The summed E-state index contributed by atoms with van der Waals surface area (Å²) in [5.41, 5.74) is 1.81. The van der Waals surface area contributed by atoms with Gasteiger partial charge in [-0.05, 0) is 26.2 Å². The number of hydrogen-bond donors (Lipinski definition) is 1. The largest absolute Gasteiger partial charge is 0.512 e. The molecule has 88 valence electrons. The van der Waals surface area contributed by atoms with Crippen molar-refractivity contribution in [2.24, 2.45) is 4.99 Å². The molecule has 0 amide bonds. The Kier molecular flexibility index (Phi) is 3.78. The highest BCUT2D eigenvalue weighted by Gasteiger charge is 2.15. The van der Waals surface area contributed by atoms with E-state index in [2.05, 4.69) is 11.1 Å². The van der Waals surface area contributed by atoms with Crippen LogP contribution >= 0.6 is 0 Å². The van der Waals surface area contributed by atoms with E-state index in [1.54, 1.807) is 0 Å². The minimum absolute atomic E-state index is 0.283. The van der Waals surface area contributed by atoms with E-state index in [9.17, 15) is 5.11 Å². The van der Waals surface area contributed by atoms with Crippen molar-refractivity contribution in [3.05, 3.63) is 23.5 Å². The lowest BCUT2D eigenvalue weighted by atomic mass is 10.0. The zero-order chi connectivity index (χ0) is 11.4. The maximum absolute atomic E-state index is 9.75. The first kappa shape index (κ1) is 11.4. The third-order valence-corrected chi connectivity index (χ3v) is 3.09. The summed E-state index contributed by atoms with van der Waals surface area (Å²) in [4.78, 5) is 4.50. The quantitative estimate of drug-likeness (QED) is 0.744. The van der Waals surface area contributed by atoms with Gasteiger partial charge in [-0.2, -0.15) is 0 Å². The van der Waals surface area contributed by atoms with E-state index in [0.717, 1.165) is 50.1 Å². The fourth-order valence-electron chi connectivity index (χ4n) is 2.09. The molecule has 1 aliphatic carbocycles. The third kappa shape index (κ3) is 2.73. The monoisotopic (exact) mass is 221 g/mol. The van der Waals surface area contributed by atoms with E-state index in [4.69, 9.17) is 4.74 Å². The first-order valence-corrected chi connectivity index (χ1v) is 5.99. The second-order valence-corrected chi connectivity index (χ2v) is 4.36. The molecule has 0 saturated carbocycles. The zero-order valence-corrected chi connectivity index (χ0v) is 9.78. The average molecular weight is 221 g/mol. The minimum Gasteiger partial charge on any atom is -0.512 e. The summed E-state index contributed by atoms with van der Waals surface area (Å²) in [6.07, 6.45) is 8.25. The summed E-state index contributed by atoms with van der Waals surface area (Å²) >= 11 is 0. The Hall–Kier alpha value is -1.09. The number of rotatable bonds is 3. The van der Waals surface area contributed by atoms with Crippen molar-refractivity contribution in [2.45, 2.75) is 38.7 Å². The van der Waals surface area contributed by atoms with Gasteiger partial charge in [0, 0.05) is 24.3 Å². The van der Waals surface area contributed by atoms with Crippen LogP contribution in [0.25, 0.3) is 0 Å². The third-order valence-electron chi connectivity index (χ3n) is 3.09. The maximum atomic E-state index is 9.75. The van der Waals surface area contributed by atoms with Crippen molar-refractivity contribution >= 4 is 5.71 Å². The van der Waals surface area contributed by atoms with Gasteiger partial charge in [0.2, 0.25) is 0 Å². The molecule has 1 heterocycles. The highest BCUT2D eigenvalue weighted by molar-refractivity contribution is 6.01. The predicted molar refractivity (Wildman–Crippen MR) is 65.0 cm³/mol. The molecule has 0 aromatic carbocycles. The Labute approximate surface area is 96.5 Å². The van der Waals surface area contributed by atoms with Gasteiger partial charge >= 0.3 is 0 Å². The number of aliphatic hydroxyl groups excluding tert-OH is 1. The van der Waals surface area contributed by atoms with Gasteiger partial charge in [-0.1, -0.05) is 12.2 Å². The molecule has 0 bridgehead atoms. The molecule has 2 aliphatic rings. The molecular weight excluding hydrogens is 202 g/mol. The molecule has 0 aromatic rings. The van der Waals surface area contributed by atoms with E-state index >= 15 is 0 Å². The number of ether oxygens (including phenoxy) is 1. The van der Waals surface area contributed by atoms with E-state index < -0.39 is 0 Å². The predicted octanol–water partition coefficient (Wildman–Crippen LogP) is 2.79. The highest BCUT2D eigenvalue weighted by Crippen LogP contribution is 2.18. The van der Waals surface area contributed by atoms with Crippen molar-refractivity contribution in [1.29, 1.82) is 0 Å². The lowest BCUT2D eigenvalue weighted by Crippen LogP contribution is -2.12. The molecule has 2 rings (SSSR count). The Balaban J connectivity index is 1.97. The molecule has 1 unspecified atom stereocenters. The molecule has 1 N–H and O–H groups in total. The summed E-state index contributed by atoms with van der Waals surface area (Å²) < 4.78 is 5.51. The van der Waals surface area contributed by atoms with Gasteiger partial charge in [0.25, 0.3) is 0 Å². The van der Waals surface area contributed by atoms with Crippen LogP contribution in [-0.4, -0.2) is 30.1 Å². The van der Waals surface area contributed by atoms with Crippen LogP contribution in [0.2, 0.25) is 0 Å². The minimum atomic E-state index is 0.283. The van der Waals surface area contributed by atoms with E-state index in [-0.39, 0.29) is 6.10 Å². The Bertz CT molecular complexity index is 336. The maximum Gasteiger partial charge on any atom is 0.102 e. The smallest absolute Gasteiger partial charge is 0.102 e. The number of nitrogens with zero attached hydrogens (tertiary/aromatic N) is 1. The van der Waals surface area contributed by atoms with Crippen LogP contribution < -0.4 is 0 Å². The second-order valence-electron chi connectivity index (χ2n) is 4.36. The van der Waals surface area contributed by atoms with Crippen molar-refractivity contribution in [3.8, 4) is 0 Å². The van der Waals surface area contributed by atoms with Crippen molar-refractivity contribution in [1.82, 2.24) is 0 Å². The van der Waals surface area contributed by atoms with Crippen LogP contribution in [0.15, 0.2) is 28.5 Å². The van der Waals surface area contributed by atoms with Crippen LogP contribution in [0, 0.1) is 0 Å². The number of allylic oxidation sites excluding steroid dienone is 4. The highest BCUT2D eigenvalue weighted by atomic mass is 16.5. The second kappa shape index (κ2) is 5.30. The van der Waals surface area contributed by atoms with Crippen LogP contribution in [0.3, 0.4) is 0 Å². The zero-order valence-electron chi connectivity index (χ0n) is 9.78. The van der Waals surface area contributed by atoms with Crippen molar-refractivity contribution in [3.63, 3.8) is 0 Å². The summed E-state index contributed by atoms with van der Waals surface area (Å²) in [5, 5.41) is 9.75. The fourth-order valence-corrected chi connectivity index (χ4v) is 2.09. The fraction of sp³-hybridized carbons (Fsp3) is 0.615. The van der Waals surface area contributed by atoms with Gasteiger partial charge in [0.15, 0.2) is 0 Å². The molecule has 0 aromatic heterocycles. The Morgan fingerprint density at radius 3 is 3.19 bits per heavy atom. The van der Waals surface area contributed by atoms with E-state index in [1.807, 2.05) is 13.0 Å². The van der Waals surface area contributed by atoms with Crippen LogP contribution in [-0.2, 0) is 4.74 Å². The van der Waals surface area contributed by atoms with Gasteiger partial charge in [-0.3, -0.25) is 4.99 Å². The standard InChI is InChI=1S/C13H19NO2/c1-10(12-6-2-3-7-13(12)15)14-9-11-5-4-8-16-11/h2,6,11,15H,3-5,7-9H2,1H3/b14-10+. The first-order valence-electron chi connectivity index (χ1n) is 5.99. The van der Waals surface area contributed by atoms with Crippen LogP contribution in [0.4, 0.5) is 0 Å². The number of aliphatic hydroxyl groups is 1. The molecule has 1 aliphatic heterocycles. The molecule has 0 radical (unpaired) electrons. The van der Waals surface area contributed by atoms with Crippen LogP contribution in [0.5, 0.6) is 0 Å². The summed E-state index contributed by atoms with van der Waals surface area (Å²) in [7, 11) is 0. The molecule has 1 saturated heterocycles. The average Bonchev–Trinajstić information content (AvgIpc) is 2.79. The lowest BCUT2D eigenvalue weighted by molar-refractivity contribution is 0.118. The van der Waals surface area contributed by atoms with Gasteiger partial charge in [-0.15, -0.1) is 0 Å². The summed E-state index contributed by atoms with van der Waals surface area (Å²) in [6.45, 7) is 3.54. The molecule has 16 heavy (non-hydrogen) atoms.